The Hall–Kier alpha value is -2.48. The van der Waals surface area contributed by atoms with E-state index in [0.29, 0.717) is 0 Å². The summed E-state index contributed by atoms with van der Waals surface area (Å²) in [6.07, 6.45) is 3.63. The Morgan fingerprint density at radius 2 is 2.04 bits per heavy atom. The van der Waals surface area contributed by atoms with Crippen LogP contribution in [0, 0.1) is 5.92 Å². The lowest BCUT2D eigenvalue weighted by molar-refractivity contribution is 0.229. The van der Waals surface area contributed by atoms with Crippen molar-refractivity contribution in [2.45, 2.75) is 32.9 Å². The number of amides is 2. The average Bonchev–Trinajstić information content (AvgIpc) is 3.22. The minimum absolute atomic E-state index is 0.145. The largest absolute Gasteiger partial charge is 0.329 e. The Bertz CT molecular complexity index is 813. The molecule has 0 bridgehead atoms. The van der Waals surface area contributed by atoms with Gasteiger partial charge in [0.2, 0.25) is 0 Å². The summed E-state index contributed by atoms with van der Waals surface area (Å²) >= 11 is 1.52. The van der Waals surface area contributed by atoms with E-state index in [1.54, 1.807) is 6.20 Å². The molecular weight excluding hydrogens is 324 g/mol. The van der Waals surface area contributed by atoms with Gasteiger partial charge in [-0.25, -0.2) is 9.78 Å². The fraction of sp³-hybridized carbons (Fsp3) is 0.375. The summed E-state index contributed by atoms with van der Waals surface area (Å²) in [5, 5.41) is 17.1. The molecule has 0 spiro atoms. The van der Waals surface area contributed by atoms with Crippen molar-refractivity contribution in [1.29, 1.82) is 0 Å². The lowest BCUT2D eigenvalue weighted by atomic mass is 10.0. The van der Waals surface area contributed by atoms with Crippen molar-refractivity contribution in [2.75, 3.05) is 0 Å². The molecular formula is C16H20N6OS. The van der Waals surface area contributed by atoms with E-state index in [-0.39, 0.29) is 24.0 Å². The van der Waals surface area contributed by atoms with Crippen LogP contribution in [-0.4, -0.2) is 25.6 Å². The zero-order valence-electron chi connectivity index (χ0n) is 13.8. The number of pyridine rings is 1. The van der Waals surface area contributed by atoms with Gasteiger partial charge in [-0.1, -0.05) is 19.9 Å². The second kappa shape index (κ2) is 6.96. The van der Waals surface area contributed by atoms with Crippen molar-refractivity contribution < 1.29 is 4.79 Å². The van der Waals surface area contributed by atoms with E-state index in [2.05, 4.69) is 25.8 Å². The molecule has 2 amide bonds. The lowest BCUT2D eigenvalue weighted by Gasteiger charge is -2.22. The molecule has 0 unspecified atom stereocenters. The third kappa shape index (κ3) is 3.38. The summed E-state index contributed by atoms with van der Waals surface area (Å²) in [5.74, 6) is 0.885. The van der Waals surface area contributed by atoms with Gasteiger partial charge < -0.3 is 10.6 Å². The number of carbonyl (C=O) groups is 1. The topological polar surface area (TPSA) is 84.2 Å². The molecule has 8 heteroatoms. The maximum Gasteiger partial charge on any atom is 0.315 e. The van der Waals surface area contributed by atoms with Crippen LogP contribution in [0.5, 0.6) is 0 Å². The van der Waals surface area contributed by atoms with Crippen LogP contribution in [0.4, 0.5) is 4.79 Å². The van der Waals surface area contributed by atoms with Crippen molar-refractivity contribution in [1.82, 2.24) is 30.2 Å². The zero-order chi connectivity index (χ0) is 17.1. The first-order valence-electron chi connectivity index (χ1n) is 7.82. The highest BCUT2D eigenvalue weighted by Gasteiger charge is 2.24. The van der Waals surface area contributed by atoms with Crippen LogP contribution < -0.4 is 10.6 Å². The Balaban J connectivity index is 1.76. The number of rotatable bonds is 5. The number of fused-ring (bicyclic) bond motifs is 1. The molecule has 7 nitrogen and oxygen atoms in total. The predicted octanol–water partition coefficient (Wildman–Crippen LogP) is 2.94. The molecule has 0 fully saturated rings. The SMILES string of the molecule is CC(C)[C@H](NC(=O)N[C@H](C)c1nccs1)c1nnc2ccccn12. The Morgan fingerprint density at radius 3 is 2.75 bits per heavy atom. The van der Waals surface area contributed by atoms with Crippen LogP contribution in [0.1, 0.15) is 43.7 Å². The summed E-state index contributed by atoms with van der Waals surface area (Å²) < 4.78 is 1.90. The van der Waals surface area contributed by atoms with Gasteiger partial charge in [0.25, 0.3) is 0 Å². The molecule has 0 saturated carbocycles. The Labute approximate surface area is 144 Å². The van der Waals surface area contributed by atoms with Crippen LogP contribution in [0.25, 0.3) is 5.65 Å². The van der Waals surface area contributed by atoms with Crippen molar-refractivity contribution in [3.05, 3.63) is 46.8 Å². The number of nitrogens with one attached hydrogen (secondary N) is 2. The fourth-order valence-corrected chi connectivity index (χ4v) is 3.14. The molecule has 3 aromatic heterocycles. The van der Waals surface area contributed by atoms with Gasteiger partial charge in [-0.3, -0.25) is 4.40 Å². The fourth-order valence-electron chi connectivity index (χ4n) is 2.49. The highest BCUT2D eigenvalue weighted by Crippen LogP contribution is 2.21. The molecule has 0 radical (unpaired) electrons. The van der Waals surface area contributed by atoms with Gasteiger partial charge >= 0.3 is 6.03 Å². The third-order valence-electron chi connectivity index (χ3n) is 3.74. The van der Waals surface area contributed by atoms with Crippen LogP contribution in [0.2, 0.25) is 0 Å². The first kappa shape index (κ1) is 16.4. The summed E-state index contributed by atoms with van der Waals surface area (Å²) in [4.78, 5) is 16.6. The molecule has 126 valence electrons. The lowest BCUT2D eigenvalue weighted by Crippen LogP contribution is -2.41. The monoisotopic (exact) mass is 344 g/mol. The van der Waals surface area contributed by atoms with Gasteiger partial charge in [-0.15, -0.1) is 21.5 Å². The second-order valence-electron chi connectivity index (χ2n) is 5.92. The van der Waals surface area contributed by atoms with Crippen LogP contribution in [-0.2, 0) is 0 Å². The summed E-state index contributed by atoms with van der Waals surface area (Å²) in [6.45, 7) is 5.99. The smallest absolute Gasteiger partial charge is 0.315 e. The minimum atomic E-state index is -0.246. The maximum absolute atomic E-state index is 12.4. The van der Waals surface area contributed by atoms with Crippen LogP contribution in [0.3, 0.4) is 0 Å². The molecule has 2 N–H and O–H groups in total. The van der Waals surface area contributed by atoms with Crippen LogP contribution >= 0.6 is 11.3 Å². The summed E-state index contributed by atoms with van der Waals surface area (Å²) in [5.41, 5.74) is 0.761. The molecule has 3 rings (SSSR count). The number of thiazole rings is 1. The number of hydrogen-bond acceptors (Lipinski definition) is 5. The van der Waals surface area contributed by atoms with Crippen molar-refractivity contribution in [3.63, 3.8) is 0 Å². The number of aromatic nitrogens is 4. The van der Waals surface area contributed by atoms with E-state index in [0.717, 1.165) is 16.5 Å². The average molecular weight is 344 g/mol. The maximum atomic E-state index is 12.4. The van der Waals surface area contributed by atoms with Gasteiger partial charge in [0, 0.05) is 17.8 Å². The Kier molecular flexibility index (Phi) is 4.75. The highest BCUT2D eigenvalue weighted by molar-refractivity contribution is 7.09. The molecule has 0 aliphatic rings. The summed E-state index contributed by atoms with van der Waals surface area (Å²) in [6, 6.07) is 5.08. The molecule has 0 aromatic carbocycles. The van der Waals surface area contributed by atoms with E-state index < -0.39 is 0 Å². The number of carbonyl (C=O) groups excluding carboxylic acids is 1. The quantitative estimate of drug-likeness (QED) is 0.745. The molecule has 0 aliphatic heterocycles. The van der Waals surface area contributed by atoms with E-state index in [1.165, 1.54) is 11.3 Å². The normalized spacial score (nSPS) is 13.8. The van der Waals surface area contributed by atoms with Crippen molar-refractivity contribution in [2.24, 2.45) is 5.92 Å². The predicted molar refractivity (Wildman–Crippen MR) is 92.8 cm³/mol. The number of hydrogen-bond donors (Lipinski definition) is 2. The molecule has 0 saturated heterocycles. The van der Waals surface area contributed by atoms with Gasteiger partial charge in [0.15, 0.2) is 11.5 Å². The van der Waals surface area contributed by atoms with E-state index in [4.69, 9.17) is 0 Å². The standard InChI is InChI=1S/C16H20N6OS/c1-10(2)13(14-21-20-12-6-4-5-8-22(12)14)19-16(23)18-11(3)15-17-7-9-24-15/h4-11,13H,1-3H3,(H2,18,19,23)/t11-,13+/m1/s1. The number of urea groups is 1. The molecule has 2 atom stereocenters. The molecule has 0 aliphatic carbocycles. The first-order valence-corrected chi connectivity index (χ1v) is 8.70. The molecule has 24 heavy (non-hydrogen) atoms. The number of nitrogens with zero attached hydrogens (tertiary/aromatic N) is 4. The van der Waals surface area contributed by atoms with Gasteiger partial charge in [0.1, 0.15) is 5.01 Å². The van der Waals surface area contributed by atoms with E-state index in [1.807, 2.05) is 54.9 Å². The van der Waals surface area contributed by atoms with Crippen molar-refractivity contribution in [3.8, 4) is 0 Å². The zero-order valence-corrected chi connectivity index (χ0v) is 14.6. The third-order valence-corrected chi connectivity index (χ3v) is 4.70. The Morgan fingerprint density at radius 1 is 1.21 bits per heavy atom. The van der Waals surface area contributed by atoms with Gasteiger partial charge in [-0.05, 0) is 25.0 Å². The first-order chi connectivity index (χ1) is 11.6. The van der Waals surface area contributed by atoms with E-state index >= 15 is 0 Å². The molecule has 3 heterocycles. The highest BCUT2D eigenvalue weighted by atomic mass is 32.1. The minimum Gasteiger partial charge on any atom is -0.329 e. The molecule has 3 aromatic rings. The van der Waals surface area contributed by atoms with Crippen molar-refractivity contribution >= 4 is 23.0 Å². The van der Waals surface area contributed by atoms with Crippen LogP contribution in [0.15, 0.2) is 36.0 Å². The second-order valence-corrected chi connectivity index (χ2v) is 6.84. The van der Waals surface area contributed by atoms with E-state index in [9.17, 15) is 4.79 Å². The summed E-state index contributed by atoms with van der Waals surface area (Å²) in [7, 11) is 0. The van der Waals surface area contributed by atoms with Gasteiger partial charge in [-0.2, -0.15) is 0 Å². The van der Waals surface area contributed by atoms with Gasteiger partial charge in [0.05, 0.1) is 12.1 Å².